The molecular weight excluding hydrogens is 309 g/mol. The van der Waals surface area contributed by atoms with Crippen molar-refractivity contribution in [1.82, 2.24) is 0 Å². The second-order valence-corrected chi connectivity index (χ2v) is 5.58. The summed E-state index contributed by atoms with van der Waals surface area (Å²) in [7, 11) is 0. The van der Waals surface area contributed by atoms with Crippen LogP contribution in [0.15, 0.2) is 36.4 Å². The van der Waals surface area contributed by atoms with Crippen LogP contribution in [0.5, 0.6) is 5.75 Å². The standard InChI is InChI=1S/C16H15Cl2NO2/c1-10-7-12(17)3-5-14(10)19-16(20)9-21-15-6-4-13(18)8-11(15)2/h3-8H,9H2,1-2H3,(H,19,20). The monoisotopic (exact) mass is 323 g/mol. The number of benzene rings is 2. The molecule has 0 bridgehead atoms. The van der Waals surface area contributed by atoms with Gasteiger partial charge in [-0.05, 0) is 61.4 Å². The predicted octanol–water partition coefficient (Wildman–Crippen LogP) is 4.63. The summed E-state index contributed by atoms with van der Waals surface area (Å²) in [6.45, 7) is 3.69. The third kappa shape index (κ3) is 4.38. The first-order chi connectivity index (χ1) is 9.95. The Morgan fingerprint density at radius 2 is 1.67 bits per heavy atom. The van der Waals surface area contributed by atoms with E-state index in [2.05, 4.69) is 5.32 Å². The molecule has 0 aliphatic heterocycles. The Morgan fingerprint density at radius 1 is 1.05 bits per heavy atom. The third-order valence-corrected chi connectivity index (χ3v) is 3.43. The largest absolute Gasteiger partial charge is 0.483 e. The smallest absolute Gasteiger partial charge is 0.262 e. The van der Waals surface area contributed by atoms with Gasteiger partial charge >= 0.3 is 0 Å². The minimum Gasteiger partial charge on any atom is -0.483 e. The number of carbonyl (C=O) groups is 1. The summed E-state index contributed by atoms with van der Waals surface area (Å²) < 4.78 is 5.49. The molecule has 110 valence electrons. The molecule has 0 aromatic heterocycles. The normalized spacial score (nSPS) is 10.3. The van der Waals surface area contributed by atoms with Crippen molar-refractivity contribution in [3.05, 3.63) is 57.6 Å². The molecule has 21 heavy (non-hydrogen) atoms. The zero-order valence-corrected chi connectivity index (χ0v) is 13.3. The number of ether oxygens (including phenoxy) is 1. The predicted molar refractivity (Wildman–Crippen MR) is 86.5 cm³/mol. The van der Waals surface area contributed by atoms with E-state index in [1.54, 1.807) is 36.4 Å². The molecule has 1 N–H and O–H groups in total. The molecular formula is C16H15Cl2NO2. The summed E-state index contributed by atoms with van der Waals surface area (Å²) in [5.41, 5.74) is 2.51. The Labute approximate surface area is 133 Å². The summed E-state index contributed by atoms with van der Waals surface area (Å²) >= 11 is 11.7. The minimum absolute atomic E-state index is 0.0649. The minimum atomic E-state index is -0.227. The topological polar surface area (TPSA) is 38.3 Å². The average Bonchev–Trinajstić information content (AvgIpc) is 2.41. The van der Waals surface area contributed by atoms with E-state index in [0.717, 1.165) is 16.8 Å². The Bertz CT molecular complexity index is 671. The van der Waals surface area contributed by atoms with Gasteiger partial charge in [-0.1, -0.05) is 23.2 Å². The summed E-state index contributed by atoms with van der Waals surface area (Å²) in [5.74, 6) is 0.414. The second-order valence-electron chi connectivity index (χ2n) is 4.71. The number of anilines is 1. The Balaban J connectivity index is 1.96. The van der Waals surface area contributed by atoms with E-state index >= 15 is 0 Å². The van der Waals surface area contributed by atoms with E-state index in [1.165, 1.54) is 0 Å². The first-order valence-corrected chi connectivity index (χ1v) is 7.16. The van der Waals surface area contributed by atoms with Crippen molar-refractivity contribution in [2.45, 2.75) is 13.8 Å². The van der Waals surface area contributed by atoms with Crippen LogP contribution in [-0.4, -0.2) is 12.5 Å². The zero-order chi connectivity index (χ0) is 15.4. The van der Waals surface area contributed by atoms with Gasteiger partial charge in [-0.2, -0.15) is 0 Å². The molecule has 2 aromatic carbocycles. The van der Waals surface area contributed by atoms with E-state index in [0.29, 0.717) is 15.8 Å². The van der Waals surface area contributed by atoms with Gasteiger partial charge in [0.15, 0.2) is 6.61 Å². The molecule has 0 aliphatic carbocycles. The number of aryl methyl sites for hydroxylation is 2. The van der Waals surface area contributed by atoms with E-state index < -0.39 is 0 Å². The number of rotatable bonds is 4. The summed E-state index contributed by atoms with van der Waals surface area (Å²) in [6.07, 6.45) is 0. The lowest BCUT2D eigenvalue weighted by Gasteiger charge is -2.11. The molecule has 0 saturated carbocycles. The van der Waals surface area contributed by atoms with Crippen molar-refractivity contribution < 1.29 is 9.53 Å². The fourth-order valence-corrected chi connectivity index (χ4v) is 2.33. The van der Waals surface area contributed by atoms with Crippen LogP contribution in [0.3, 0.4) is 0 Å². The van der Waals surface area contributed by atoms with Crippen molar-refractivity contribution in [3.8, 4) is 5.75 Å². The zero-order valence-electron chi connectivity index (χ0n) is 11.7. The highest BCUT2D eigenvalue weighted by molar-refractivity contribution is 6.31. The van der Waals surface area contributed by atoms with E-state index in [1.807, 2.05) is 13.8 Å². The SMILES string of the molecule is Cc1cc(Cl)ccc1NC(=O)COc1ccc(Cl)cc1C. The molecule has 0 heterocycles. The molecule has 0 radical (unpaired) electrons. The lowest BCUT2D eigenvalue weighted by molar-refractivity contribution is -0.118. The second kappa shape index (κ2) is 6.83. The van der Waals surface area contributed by atoms with E-state index in [9.17, 15) is 4.79 Å². The maximum atomic E-state index is 11.9. The van der Waals surface area contributed by atoms with Gasteiger partial charge in [0, 0.05) is 15.7 Å². The van der Waals surface area contributed by atoms with Crippen LogP contribution in [0.2, 0.25) is 10.0 Å². The molecule has 2 aromatic rings. The Morgan fingerprint density at radius 3 is 2.29 bits per heavy atom. The molecule has 3 nitrogen and oxygen atoms in total. The molecule has 0 aliphatic rings. The van der Waals surface area contributed by atoms with Crippen LogP contribution in [0, 0.1) is 13.8 Å². The summed E-state index contributed by atoms with van der Waals surface area (Å²) in [4.78, 5) is 11.9. The maximum absolute atomic E-state index is 11.9. The third-order valence-electron chi connectivity index (χ3n) is 2.96. The Hall–Kier alpha value is -1.71. The van der Waals surface area contributed by atoms with Crippen molar-refractivity contribution in [1.29, 1.82) is 0 Å². The molecule has 0 atom stereocenters. The lowest BCUT2D eigenvalue weighted by Crippen LogP contribution is -2.20. The van der Waals surface area contributed by atoms with Crippen molar-refractivity contribution in [3.63, 3.8) is 0 Å². The summed E-state index contributed by atoms with van der Waals surface area (Å²) in [6, 6.07) is 10.6. The molecule has 0 spiro atoms. The van der Waals surface area contributed by atoms with Crippen LogP contribution in [0.25, 0.3) is 0 Å². The first-order valence-electron chi connectivity index (χ1n) is 6.40. The van der Waals surface area contributed by atoms with Gasteiger partial charge in [-0.25, -0.2) is 0 Å². The van der Waals surface area contributed by atoms with Crippen LogP contribution in [0.4, 0.5) is 5.69 Å². The lowest BCUT2D eigenvalue weighted by atomic mass is 10.2. The van der Waals surface area contributed by atoms with Crippen molar-refractivity contribution in [2.75, 3.05) is 11.9 Å². The van der Waals surface area contributed by atoms with Gasteiger partial charge in [0.05, 0.1) is 0 Å². The molecule has 1 amide bonds. The molecule has 0 fully saturated rings. The van der Waals surface area contributed by atoms with Gasteiger partial charge in [0.25, 0.3) is 5.91 Å². The molecule has 0 unspecified atom stereocenters. The van der Waals surface area contributed by atoms with Crippen LogP contribution >= 0.6 is 23.2 Å². The van der Waals surface area contributed by atoms with Crippen LogP contribution < -0.4 is 10.1 Å². The van der Waals surface area contributed by atoms with Gasteiger partial charge in [0.2, 0.25) is 0 Å². The van der Waals surface area contributed by atoms with Crippen molar-refractivity contribution in [2.24, 2.45) is 0 Å². The number of hydrogen-bond donors (Lipinski definition) is 1. The maximum Gasteiger partial charge on any atom is 0.262 e. The average molecular weight is 324 g/mol. The number of nitrogens with one attached hydrogen (secondary N) is 1. The van der Waals surface area contributed by atoms with E-state index in [4.69, 9.17) is 27.9 Å². The van der Waals surface area contributed by atoms with Crippen molar-refractivity contribution >= 4 is 34.8 Å². The van der Waals surface area contributed by atoms with Gasteiger partial charge in [0.1, 0.15) is 5.75 Å². The fourth-order valence-electron chi connectivity index (χ4n) is 1.87. The Kier molecular flexibility index (Phi) is 5.10. The fraction of sp³-hybridized carbons (Fsp3) is 0.188. The van der Waals surface area contributed by atoms with Crippen LogP contribution in [-0.2, 0) is 4.79 Å². The molecule has 5 heteroatoms. The highest BCUT2D eigenvalue weighted by atomic mass is 35.5. The number of halogens is 2. The van der Waals surface area contributed by atoms with Gasteiger partial charge in [-0.15, -0.1) is 0 Å². The van der Waals surface area contributed by atoms with Gasteiger partial charge < -0.3 is 10.1 Å². The number of amides is 1. The first kappa shape index (κ1) is 15.7. The summed E-state index contributed by atoms with van der Waals surface area (Å²) in [5, 5.41) is 4.07. The quantitative estimate of drug-likeness (QED) is 0.890. The van der Waals surface area contributed by atoms with Gasteiger partial charge in [-0.3, -0.25) is 4.79 Å². The van der Waals surface area contributed by atoms with Crippen LogP contribution in [0.1, 0.15) is 11.1 Å². The van der Waals surface area contributed by atoms with E-state index in [-0.39, 0.29) is 12.5 Å². The molecule has 0 saturated heterocycles. The molecule has 2 rings (SSSR count). The number of hydrogen-bond acceptors (Lipinski definition) is 2. The number of carbonyl (C=O) groups excluding carboxylic acids is 1. The highest BCUT2D eigenvalue weighted by Gasteiger charge is 2.07. The highest BCUT2D eigenvalue weighted by Crippen LogP contribution is 2.22.